The van der Waals surface area contributed by atoms with Gasteiger partial charge < -0.3 is 15.2 Å². The van der Waals surface area contributed by atoms with Crippen molar-refractivity contribution in [3.05, 3.63) is 35.9 Å². The van der Waals surface area contributed by atoms with Crippen molar-refractivity contribution in [2.45, 2.75) is 39.5 Å². The van der Waals surface area contributed by atoms with Crippen molar-refractivity contribution in [3.63, 3.8) is 0 Å². The zero-order valence-electron chi connectivity index (χ0n) is 12.9. The predicted octanol–water partition coefficient (Wildman–Crippen LogP) is 2.47. The minimum atomic E-state index is -0.0445. The number of nitrogens with zero attached hydrogens (tertiary/aromatic N) is 3. The summed E-state index contributed by atoms with van der Waals surface area (Å²) in [5.74, 6) is 2.11. The molecule has 6 heteroatoms. The van der Waals surface area contributed by atoms with Crippen LogP contribution in [0.25, 0.3) is 0 Å². The lowest BCUT2D eigenvalue weighted by atomic mass is 10.1. The molecule has 114 valence electrons. The Hall–Kier alpha value is -2.08. The van der Waals surface area contributed by atoms with Gasteiger partial charge in [0.15, 0.2) is 17.3 Å². The molecule has 1 aromatic heterocycles. The van der Waals surface area contributed by atoms with Crippen LogP contribution in [0.2, 0.25) is 0 Å². The highest BCUT2D eigenvalue weighted by atomic mass is 16.5. The highest BCUT2D eigenvalue weighted by Gasteiger charge is 2.11. The van der Waals surface area contributed by atoms with Crippen LogP contribution in [-0.4, -0.2) is 21.9 Å². The molecular weight excluding hydrogens is 268 g/mol. The van der Waals surface area contributed by atoms with E-state index in [0.717, 1.165) is 11.4 Å². The molecule has 2 rings (SSSR count). The Kier molecular flexibility index (Phi) is 4.80. The fraction of sp³-hybridized carbons (Fsp3) is 0.467. The Morgan fingerprint density at radius 1 is 1.24 bits per heavy atom. The average Bonchev–Trinajstić information content (AvgIpc) is 2.93. The summed E-state index contributed by atoms with van der Waals surface area (Å²) < 4.78 is 13.0. The van der Waals surface area contributed by atoms with Crippen LogP contribution in [0.4, 0.5) is 0 Å². The molecule has 0 saturated carbocycles. The van der Waals surface area contributed by atoms with Gasteiger partial charge in [0.2, 0.25) is 0 Å². The van der Waals surface area contributed by atoms with Gasteiger partial charge in [-0.1, -0.05) is 6.07 Å². The molecular formula is C15H22N4O2. The lowest BCUT2D eigenvalue weighted by Crippen LogP contribution is -2.11. The maximum Gasteiger partial charge on any atom is 0.165 e. The standard InChI is InChI=1S/C15H22N4O2/c1-10(2)19-15(17-9-18-19)8-21-13-6-5-12(11(3)16)7-14(13)20-4/h5-7,9-11H,8,16H2,1-4H3/t11-/m0/s1. The summed E-state index contributed by atoms with van der Waals surface area (Å²) in [7, 11) is 1.61. The molecule has 6 nitrogen and oxygen atoms in total. The molecule has 0 spiro atoms. The number of nitrogens with two attached hydrogens (primary N) is 1. The van der Waals surface area contributed by atoms with Crippen molar-refractivity contribution >= 4 is 0 Å². The first-order valence-corrected chi connectivity index (χ1v) is 6.97. The molecule has 2 aromatic rings. The van der Waals surface area contributed by atoms with Crippen molar-refractivity contribution in [2.75, 3.05) is 7.11 Å². The molecule has 0 amide bonds. The van der Waals surface area contributed by atoms with E-state index in [1.54, 1.807) is 7.11 Å². The second kappa shape index (κ2) is 6.58. The second-order valence-corrected chi connectivity index (χ2v) is 5.20. The Bertz CT molecular complexity index is 593. The zero-order chi connectivity index (χ0) is 15.4. The van der Waals surface area contributed by atoms with Crippen molar-refractivity contribution in [3.8, 4) is 11.5 Å². The highest BCUT2D eigenvalue weighted by molar-refractivity contribution is 5.43. The highest BCUT2D eigenvalue weighted by Crippen LogP contribution is 2.30. The zero-order valence-corrected chi connectivity index (χ0v) is 12.9. The van der Waals surface area contributed by atoms with E-state index in [9.17, 15) is 0 Å². The second-order valence-electron chi connectivity index (χ2n) is 5.20. The summed E-state index contributed by atoms with van der Waals surface area (Å²) in [6.45, 7) is 6.37. The number of benzene rings is 1. The first-order chi connectivity index (χ1) is 10.0. The largest absolute Gasteiger partial charge is 0.493 e. The maximum absolute atomic E-state index is 5.87. The molecule has 0 aliphatic rings. The van der Waals surface area contributed by atoms with Crippen LogP contribution >= 0.6 is 0 Å². The molecule has 21 heavy (non-hydrogen) atoms. The summed E-state index contributed by atoms with van der Waals surface area (Å²) in [5, 5.41) is 4.19. The van der Waals surface area contributed by atoms with E-state index in [-0.39, 0.29) is 12.1 Å². The van der Waals surface area contributed by atoms with E-state index in [1.807, 2.05) is 29.8 Å². The number of methoxy groups -OCH3 is 1. The first kappa shape index (κ1) is 15.3. The summed E-state index contributed by atoms with van der Waals surface area (Å²) in [6, 6.07) is 5.90. The maximum atomic E-state index is 5.87. The van der Waals surface area contributed by atoms with Gasteiger partial charge in [-0.05, 0) is 38.5 Å². The van der Waals surface area contributed by atoms with Gasteiger partial charge in [0.25, 0.3) is 0 Å². The van der Waals surface area contributed by atoms with Crippen LogP contribution in [0.3, 0.4) is 0 Å². The van der Waals surface area contributed by atoms with Crippen molar-refractivity contribution < 1.29 is 9.47 Å². The third-order valence-electron chi connectivity index (χ3n) is 3.21. The summed E-state index contributed by atoms with van der Waals surface area (Å²) >= 11 is 0. The predicted molar refractivity (Wildman–Crippen MR) is 80.3 cm³/mol. The van der Waals surface area contributed by atoms with Crippen LogP contribution in [0.15, 0.2) is 24.5 Å². The Morgan fingerprint density at radius 2 is 2.00 bits per heavy atom. The molecule has 0 fully saturated rings. The van der Waals surface area contributed by atoms with E-state index in [0.29, 0.717) is 18.1 Å². The van der Waals surface area contributed by atoms with Gasteiger partial charge in [-0.3, -0.25) is 0 Å². The minimum Gasteiger partial charge on any atom is -0.493 e. The molecule has 0 aliphatic carbocycles. The van der Waals surface area contributed by atoms with Gasteiger partial charge in [0, 0.05) is 12.1 Å². The number of ether oxygens (including phenoxy) is 2. The number of hydrogen-bond donors (Lipinski definition) is 1. The Morgan fingerprint density at radius 3 is 2.62 bits per heavy atom. The third-order valence-corrected chi connectivity index (χ3v) is 3.21. The molecule has 0 aliphatic heterocycles. The van der Waals surface area contributed by atoms with Crippen LogP contribution in [0, 0.1) is 0 Å². The number of hydrogen-bond acceptors (Lipinski definition) is 5. The van der Waals surface area contributed by atoms with Crippen molar-refractivity contribution in [1.29, 1.82) is 0 Å². The number of rotatable bonds is 6. The van der Waals surface area contributed by atoms with E-state index in [1.165, 1.54) is 6.33 Å². The molecule has 0 unspecified atom stereocenters. The quantitative estimate of drug-likeness (QED) is 0.884. The van der Waals surface area contributed by atoms with Gasteiger partial charge in [-0.15, -0.1) is 0 Å². The van der Waals surface area contributed by atoms with Gasteiger partial charge in [0.05, 0.1) is 7.11 Å². The lowest BCUT2D eigenvalue weighted by Gasteiger charge is -2.14. The molecule has 0 saturated heterocycles. The van der Waals surface area contributed by atoms with Crippen molar-refractivity contribution in [2.24, 2.45) is 5.73 Å². The van der Waals surface area contributed by atoms with Crippen molar-refractivity contribution in [1.82, 2.24) is 14.8 Å². The van der Waals surface area contributed by atoms with Crippen LogP contribution < -0.4 is 15.2 Å². The molecule has 1 aromatic carbocycles. The lowest BCUT2D eigenvalue weighted by molar-refractivity contribution is 0.266. The van der Waals surface area contributed by atoms with Crippen LogP contribution in [0.5, 0.6) is 11.5 Å². The fourth-order valence-electron chi connectivity index (χ4n) is 2.04. The molecule has 0 bridgehead atoms. The van der Waals surface area contributed by atoms with Crippen LogP contribution in [-0.2, 0) is 6.61 Å². The van der Waals surface area contributed by atoms with Gasteiger partial charge in [-0.2, -0.15) is 5.10 Å². The first-order valence-electron chi connectivity index (χ1n) is 6.97. The van der Waals surface area contributed by atoms with Gasteiger partial charge in [-0.25, -0.2) is 9.67 Å². The Balaban J connectivity index is 2.14. The summed E-state index contributed by atoms with van der Waals surface area (Å²) in [4.78, 5) is 4.22. The molecule has 1 atom stereocenters. The third kappa shape index (κ3) is 3.52. The van der Waals surface area contributed by atoms with E-state index in [2.05, 4.69) is 23.9 Å². The molecule has 1 heterocycles. The van der Waals surface area contributed by atoms with Gasteiger partial charge in [0.1, 0.15) is 12.9 Å². The SMILES string of the molecule is COc1cc([C@H](C)N)ccc1OCc1ncnn1C(C)C. The fourth-order valence-corrected chi connectivity index (χ4v) is 2.04. The Labute approximate surface area is 124 Å². The molecule has 0 radical (unpaired) electrons. The average molecular weight is 290 g/mol. The van der Waals surface area contributed by atoms with E-state index < -0.39 is 0 Å². The summed E-state index contributed by atoms with van der Waals surface area (Å²) in [5.41, 5.74) is 6.88. The van der Waals surface area contributed by atoms with Crippen LogP contribution in [0.1, 0.15) is 44.2 Å². The van der Waals surface area contributed by atoms with E-state index in [4.69, 9.17) is 15.2 Å². The topological polar surface area (TPSA) is 75.2 Å². The minimum absolute atomic E-state index is 0.0445. The van der Waals surface area contributed by atoms with Gasteiger partial charge >= 0.3 is 0 Å². The normalized spacial score (nSPS) is 12.5. The molecule has 2 N–H and O–H groups in total. The number of aromatic nitrogens is 3. The summed E-state index contributed by atoms with van der Waals surface area (Å²) in [6.07, 6.45) is 1.54. The smallest absolute Gasteiger partial charge is 0.165 e. The monoisotopic (exact) mass is 290 g/mol. The van der Waals surface area contributed by atoms with E-state index >= 15 is 0 Å².